The van der Waals surface area contributed by atoms with Crippen LogP contribution in [0.15, 0.2) is 23.7 Å². The molecule has 1 fully saturated rings. The fourth-order valence-electron chi connectivity index (χ4n) is 3.17. The Morgan fingerprint density at radius 1 is 1.47 bits per heavy atom. The van der Waals surface area contributed by atoms with Crippen molar-refractivity contribution in [3.8, 4) is 0 Å². The molecule has 2 heterocycles. The van der Waals surface area contributed by atoms with Gasteiger partial charge >= 0.3 is 0 Å². The SMILES string of the molecule is CNCC1C2=C(C=CC1[C@H]1CCNC1)OCO2. The largest absolute Gasteiger partial charge is 0.458 e. The van der Waals surface area contributed by atoms with Crippen LogP contribution in [-0.2, 0) is 9.47 Å². The van der Waals surface area contributed by atoms with Crippen LogP contribution in [0.3, 0.4) is 0 Å². The fraction of sp³-hybridized carbons (Fsp3) is 0.692. The molecule has 0 saturated carbocycles. The molecule has 0 aromatic carbocycles. The molecule has 2 unspecified atom stereocenters. The number of hydrogen-bond donors (Lipinski definition) is 2. The zero-order valence-electron chi connectivity index (χ0n) is 10.2. The van der Waals surface area contributed by atoms with Gasteiger partial charge in [-0.05, 0) is 44.5 Å². The Morgan fingerprint density at radius 2 is 2.41 bits per heavy atom. The highest BCUT2D eigenvalue weighted by atomic mass is 16.7. The maximum atomic E-state index is 5.66. The Balaban J connectivity index is 1.81. The van der Waals surface area contributed by atoms with Gasteiger partial charge in [0.15, 0.2) is 5.76 Å². The lowest BCUT2D eigenvalue weighted by Gasteiger charge is -2.31. The second kappa shape index (κ2) is 4.70. The summed E-state index contributed by atoms with van der Waals surface area (Å²) in [5.74, 6) is 3.71. The summed E-state index contributed by atoms with van der Waals surface area (Å²) in [5.41, 5.74) is 0. The molecule has 1 aliphatic carbocycles. The van der Waals surface area contributed by atoms with Crippen LogP contribution in [0.1, 0.15) is 6.42 Å². The van der Waals surface area contributed by atoms with Gasteiger partial charge in [-0.2, -0.15) is 0 Å². The molecule has 0 bridgehead atoms. The van der Waals surface area contributed by atoms with Crippen LogP contribution in [0.2, 0.25) is 0 Å². The predicted molar refractivity (Wildman–Crippen MR) is 65.1 cm³/mol. The van der Waals surface area contributed by atoms with Crippen molar-refractivity contribution < 1.29 is 9.47 Å². The molecule has 2 aliphatic heterocycles. The second-order valence-electron chi connectivity index (χ2n) is 4.99. The summed E-state index contributed by atoms with van der Waals surface area (Å²) in [6.07, 6.45) is 5.67. The zero-order chi connectivity index (χ0) is 11.7. The first kappa shape index (κ1) is 11.1. The third-order valence-corrected chi connectivity index (χ3v) is 4.01. The number of hydrogen-bond acceptors (Lipinski definition) is 4. The van der Waals surface area contributed by atoms with E-state index in [2.05, 4.69) is 22.8 Å². The minimum absolute atomic E-state index is 0.380. The molecule has 0 radical (unpaired) electrons. The molecule has 3 rings (SSSR count). The van der Waals surface area contributed by atoms with Crippen molar-refractivity contribution in [3.63, 3.8) is 0 Å². The minimum Gasteiger partial charge on any atom is -0.458 e. The average molecular weight is 236 g/mol. The van der Waals surface area contributed by atoms with Gasteiger partial charge in [-0.3, -0.25) is 0 Å². The van der Waals surface area contributed by atoms with E-state index >= 15 is 0 Å². The van der Waals surface area contributed by atoms with E-state index in [-0.39, 0.29) is 0 Å². The Bertz CT molecular complexity index is 345. The first-order valence-electron chi connectivity index (χ1n) is 6.43. The van der Waals surface area contributed by atoms with Crippen LogP contribution in [0.4, 0.5) is 0 Å². The maximum Gasteiger partial charge on any atom is 0.230 e. The summed E-state index contributed by atoms with van der Waals surface area (Å²) in [4.78, 5) is 0. The fourth-order valence-corrected chi connectivity index (χ4v) is 3.17. The Hall–Kier alpha value is -1.00. The number of nitrogens with one attached hydrogen (secondary N) is 2. The van der Waals surface area contributed by atoms with Gasteiger partial charge in [0.2, 0.25) is 6.79 Å². The molecule has 94 valence electrons. The number of allylic oxidation sites excluding steroid dienone is 2. The Morgan fingerprint density at radius 3 is 3.18 bits per heavy atom. The van der Waals surface area contributed by atoms with Gasteiger partial charge in [0.1, 0.15) is 5.76 Å². The van der Waals surface area contributed by atoms with E-state index in [1.807, 2.05) is 7.05 Å². The molecule has 0 aromatic rings. The average Bonchev–Trinajstić information content (AvgIpc) is 3.00. The summed E-state index contributed by atoms with van der Waals surface area (Å²) in [7, 11) is 2.00. The predicted octanol–water partition coefficient (Wildman–Crippen LogP) is 0.833. The van der Waals surface area contributed by atoms with Crippen LogP contribution >= 0.6 is 0 Å². The molecule has 4 heteroatoms. The highest BCUT2D eigenvalue weighted by molar-refractivity contribution is 5.28. The normalized spacial score (nSPS) is 35.7. The van der Waals surface area contributed by atoms with Crippen LogP contribution in [-0.4, -0.2) is 33.5 Å². The van der Waals surface area contributed by atoms with Crippen LogP contribution < -0.4 is 10.6 Å². The Labute approximate surface area is 102 Å². The van der Waals surface area contributed by atoms with Crippen LogP contribution in [0, 0.1) is 17.8 Å². The van der Waals surface area contributed by atoms with E-state index in [0.29, 0.717) is 18.6 Å². The minimum atomic E-state index is 0.380. The van der Waals surface area contributed by atoms with Gasteiger partial charge in [0, 0.05) is 12.5 Å². The second-order valence-corrected chi connectivity index (χ2v) is 4.99. The van der Waals surface area contributed by atoms with E-state index in [1.165, 1.54) is 6.42 Å². The first-order chi connectivity index (χ1) is 8.40. The topological polar surface area (TPSA) is 42.5 Å². The highest BCUT2D eigenvalue weighted by Crippen LogP contribution is 2.39. The molecule has 1 saturated heterocycles. The lowest BCUT2D eigenvalue weighted by molar-refractivity contribution is 0.0618. The number of rotatable bonds is 3. The highest BCUT2D eigenvalue weighted by Gasteiger charge is 2.38. The van der Waals surface area contributed by atoms with Crippen molar-refractivity contribution in [3.05, 3.63) is 23.7 Å². The quantitative estimate of drug-likeness (QED) is 0.762. The third kappa shape index (κ3) is 1.96. The van der Waals surface area contributed by atoms with E-state index in [0.717, 1.165) is 37.1 Å². The summed E-state index contributed by atoms with van der Waals surface area (Å²) in [6, 6.07) is 0. The lowest BCUT2D eigenvalue weighted by Crippen LogP contribution is -2.34. The van der Waals surface area contributed by atoms with Crippen molar-refractivity contribution >= 4 is 0 Å². The summed E-state index contributed by atoms with van der Waals surface area (Å²) >= 11 is 0. The van der Waals surface area contributed by atoms with E-state index in [9.17, 15) is 0 Å². The maximum absolute atomic E-state index is 5.66. The van der Waals surface area contributed by atoms with Crippen molar-refractivity contribution in [1.29, 1.82) is 0 Å². The molecule has 0 amide bonds. The molecule has 0 aromatic heterocycles. The van der Waals surface area contributed by atoms with Crippen molar-refractivity contribution in [2.24, 2.45) is 17.8 Å². The van der Waals surface area contributed by atoms with Gasteiger partial charge < -0.3 is 20.1 Å². The van der Waals surface area contributed by atoms with Gasteiger partial charge in [-0.25, -0.2) is 0 Å². The molecule has 3 atom stereocenters. The standard InChI is InChI=1S/C13H20N2O2/c1-14-7-11-10(9-4-5-15-6-9)2-3-12-13(11)17-8-16-12/h2-3,9-11,14-15H,4-8H2,1H3/t9-,10?,11?/m0/s1. The zero-order valence-corrected chi connectivity index (χ0v) is 10.2. The molecule has 0 spiro atoms. The van der Waals surface area contributed by atoms with Crippen LogP contribution in [0.25, 0.3) is 0 Å². The summed E-state index contributed by atoms with van der Waals surface area (Å²) in [6.45, 7) is 3.60. The van der Waals surface area contributed by atoms with E-state index in [4.69, 9.17) is 9.47 Å². The Kier molecular flexibility index (Phi) is 3.07. The molecule has 17 heavy (non-hydrogen) atoms. The van der Waals surface area contributed by atoms with E-state index in [1.54, 1.807) is 0 Å². The van der Waals surface area contributed by atoms with Crippen LogP contribution in [0.5, 0.6) is 0 Å². The van der Waals surface area contributed by atoms with Gasteiger partial charge in [-0.1, -0.05) is 6.08 Å². The monoisotopic (exact) mass is 236 g/mol. The summed E-state index contributed by atoms with van der Waals surface area (Å²) < 4.78 is 11.1. The molecule has 4 nitrogen and oxygen atoms in total. The molecular formula is C13H20N2O2. The van der Waals surface area contributed by atoms with Crippen molar-refractivity contribution in [2.75, 3.05) is 33.5 Å². The van der Waals surface area contributed by atoms with Gasteiger partial charge in [-0.15, -0.1) is 0 Å². The molecular weight excluding hydrogens is 216 g/mol. The smallest absolute Gasteiger partial charge is 0.230 e. The first-order valence-corrected chi connectivity index (χ1v) is 6.43. The third-order valence-electron chi connectivity index (χ3n) is 4.01. The lowest BCUT2D eigenvalue weighted by atomic mass is 9.77. The van der Waals surface area contributed by atoms with E-state index < -0.39 is 0 Å². The van der Waals surface area contributed by atoms with Gasteiger partial charge in [0.05, 0.1) is 0 Å². The van der Waals surface area contributed by atoms with Crippen molar-refractivity contribution in [1.82, 2.24) is 10.6 Å². The number of ether oxygens (including phenoxy) is 2. The van der Waals surface area contributed by atoms with Crippen molar-refractivity contribution in [2.45, 2.75) is 6.42 Å². The van der Waals surface area contributed by atoms with Gasteiger partial charge in [0.25, 0.3) is 0 Å². The summed E-state index contributed by atoms with van der Waals surface area (Å²) in [5, 5.41) is 6.73. The molecule has 3 aliphatic rings. The molecule has 2 N–H and O–H groups in total.